The van der Waals surface area contributed by atoms with Crippen LogP contribution in [-0.2, 0) is 29.3 Å². The molecule has 34 heavy (non-hydrogen) atoms. The van der Waals surface area contributed by atoms with Gasteiger partial charge in [0.2, 0.25) is 0 Å². The van der Waals surface area contributed by atoms with Gasteiger partial charge in [-0.05, 0) is 48.9 Å². The largest absolute Gasteiger partial charge is 0.461 e. The number of rotatable bonds is 4. The number of hydrogen-bond donors (Lipinski definition) is 0. The van der Waals surface area contributed by atoms with E-state index in [4.69, 9.17) is 14.2 Å². The number of likely N-dealkylation sites (N-methyl/N-ethyl adjacent to an activating group) is 1. The minimum absolute atomic E-state index is 0.0709. The maximum atomic E-state index is 12.4. The first-order valence-corrected chi connectivity index (χ1v) is 12.4. The zero-order valence-corrected chi connectivity index (χ0v) is 20.3. The van der Waals surface area contributed by atoms with Crippen molar-refractivity contribution in [2.24, 2.45) is 17.8 Å². The predicted octanol–water partition coefficient (Wildman–Crippen LogP) is 2.62. The highest BCUT2D eigenvalue weighted by atomic mass is 16.6. The van der Waals surface area contributed by atoms with Crippen LogP contribution in [0.1, 0.15) is 52.5 Å². The third kappa shape index (κ3) is 2.60. The van der Waals surface area contributed by atoms with E-state index in [9.17, 15) is 14.4 Å². The average molecular weight is 469 g/mol. The molecule has 10 atom stereocenters. The lowest BCUT2D eigenvalue weighted by Gasteiger charge is -2.62. The number of anilines is 1. The topological polar surface area (TPSA) is 85.4 Å². The van der Waals surface area contributed by atoms with Crippen LogP contribution in [0.3, 0.4) is 0 Å². The summed E-state index contributed by atoms with van der Waals surface area (Å²) in [4.78, 5) is 41.0. The van der Waals surface area contributed by atoms with E-state index in [1.165, 1.54) is 20.8 Å². The van der Waals surface area contributed by atoms with E-state index in [2.05, 4.69) is 23.8 Å². The van der Waals surface area contributed by atoms with Crippen LogP contribution < -0.4 is 9.64 Å². The first-order valence-electron chi connectivity index (χ1n) is 12.4. The molecular formula is C26H32N2O6. The molecule has 6 aliphatic rings. The molecule has 1 spiro atoms. The first-order chi connectivity index (χ1) is 16.2. The van der Waals surface area contributed by atoms with Gasteiger partial charge in [-0.15, -0.1) is 0 Å². The van der Waals surface area contributed by atoms with Crippen LogP contribution in [0.5, 0.6) is 5.75 Å². The zero-order chi connectivity index (χ0) is 24.1. The van der Waals surface area contributed by atoms with E-state index in [1.54, 1.807) is 0 Å². The minimum atomic E-state index is -0.388. The van der Waals surface area contributed by atoms with Gasteiger partial charge in [0.25, 0.3) is 0 Å². The normalized spacial score (nSPS) is 42.3. The molecule has 0 N–H and O–H groups in total. The number of piperidine rings is 4. The van der Waals surface area contributed by atoms with E-state index in [0.29, 0.717) is 11.7 Å². The third-order valence-electron chi connectivity index (χ3n) is 9.30. The second-order valence-electron chi connectivity index (χ2n) is 10.7. The molecular weight excluding hydrogens is 436 g/mol. The van der Waals surface area contributed by atoms with Crippen molar-refractivity contribution in [3.63, 3.8) is 0 Å². The van der Waals surface area contributed by atoms with E-state index in [-0.39, 0.29) is 65.6 Å². The molecule has 0 amide bonds. The van der Waals surface area contributed by atoms with Crippen LogP contribution in [0, 0.1) is 17.8 Å². The van der Waals surface area contributed by atoms with Crippen molar-refractivity contribution in [2.45, 2.75) is 82.8 Å². The molecule has 5 fully saturated rings. The number of hydrogen-bond acceptors (Lipinski definition) is 8. The number of carbonyl (C=O) groups excluding carboxylic acids is 3. The average Bonchev–Trinajstić information content (AvgIpc) is 3.14. The van der Waals surface area contributed by atoms with Crippen molar-refractivity contribution in [1.82, 2.24) is 4.90 Å². The highest BCUT2D eigenvalue weighted by Gasteiger charge is 2.78. The van der Waals surface area contributed by atoms with Gasteiger partial charge in [-0.1, -0.05) is 6.92 Å². The van der Waals surface area contributed by atoms with Crippen molar-refractivity contribution >= 4 is 23.6 Å². The molecule has 1 aromatic carbocycles. The molecule has 8 nitrogen and oxygen atoms in total. The summed E-state index contributed by atoms with van der Waals surface area (Å²) in [5.41, 5.74) is 1.79. The minimum Gasteiger partial charge on any atom is -0.461 e. The van der Waals surface area contributed by atoms with Gasteiger partial charge in [0.05, 0.1) is 11.5 Å². The third-order valence-corrected chi connectivity index (χ3v) is 9.30. The van der Waals surface area contributed by atoms with Crippen molar-refractivity contribution in [1.29, 1.82) is 0 Å². The lowest BCUT2D eigenvalue weighted by molar-refractivity contribution is -0.228. The summed E-state index contributed by atoms with van der Waals surface area (Å²) in [6.07, 6.45) is 2.21. The fourth-order valence-electron chi connectivity index (χ4n) is 8.74. The Morgan fingerprint density at radius 3 is 2.44 bits per heavy atom. The highest BCUT2D eigenvalue weighted by Crippen LogP contribution is 2.70. The number of fused-ring (bicyclic) bond motifs is 2. The lowest BCUT2D eigenvalue weighted by atomic mass is 9.62. The summed E-state index contributed by atoms with van der Waals surface area (Å²) in [6.45, 7) is 6.54. The zero-order valence-electron chi connectivity index (χ0n) is 20.3. The Kier molecular flexibility index (Phi) is 4.63. The summed E-state index contributed by atoms with van der Waals surface area (Å²) < 4.78 is 17.7. The van der Waals surface area contributed by atoms with Crippen LogP contribution >= 0.6 is 0 Å². The summed E-state index contributed by atoms with van der Waals surface area (Å²) in [7, 11) is 2.10. The summed E-state index contributed by atoms with van der Waals surface area (Å²) >= 11 is 0. The molecule has 5 heterocycles. The van der Waals surface area contributed by atoms with E-state index in [0.717, 1.165) is 30.5 Å². The van der Waals surface area contributed by atoms with Crippen molar-refractivity contribution < 1.29 is 28.6 Å². The van der Waals surface area contributed by atoms with E-state index >= 15 is 0 Å². The number of benzene rings is 1. The molecule has 1 saturated carbocycles. The standard InChI is InChI=1S/C26H32N2O6/c1-6-16-17-10-20-23-26(18-9-15(32-12(2)29)7-8-19(18)27(23)5)11-21(22(17)24(26)33-13(3)30)28(20)25(16)34-14(4)31/h7-9,16-17,20-25H,6,10-11H2,1-5H3/t16?,17?,20?,21?,22-,23?,24+,25+,26+/m0/s1. The molecule has 1 aliphatic carbocycles. The maximum absolute atomic E-state index is 12.4. The number of esters is 3. The van der Waals surface area contributed by atoms with Gasteiger partial charge in [0.1, 0.15) is 11.9 Å². The molecule has 4 saturated heterocycles. The smallest absolute Gasteiger partial charge is 0.308 e. The van der Waals surface area contributed by atoms with Crippen LogP contribution in [0.15, 0.2) is 18.2 Å². The fraction of sp³-hybridized carbons (Fsp3) is 0.654. The Bertz CT molecular complexity index is 1090. The monoisotopic (exact) mass is 468 g/mol. The second-order valence-corrected chi connectivity index (χ2v) is 10.7. The van der Waals surface area contributed by atoms with Crippen molar-refractivity contribution in [3.05, 3.63) is 23.8 Å². The Hall–Kier alpha value is -2.61. The maximum Gasteiger partial charge on any atom is 0.308 e. The quantitative estimate of drug-likeness (QED) is 0.493. The highest BCUT2D eigenvalue weighted by molar-refractivity contribution is 5.74. The predicted molar refractivity (Wildman–Crippen MR) is 122 cm³/mol. The van der Waals surface area contributed by atoms with Crippen LogP contribution in [0.4, 0.5) is 5.69 Å². The lowest BCUT2D eigenvalue weighted by Crippen LogP contribution is -2.73. The molecule has 1 aromatic rings. The van der Waals surface area contributed by atoms with Gasteiger partial charge >= 0.3 is 17.9 Å². The van der Waals surface area contributed by atoms with Gasteiger partial charge in [-0.25, -0.2) is 0 Å². The molecule has 0 aromatic heterocycles. The molecule has 5 aliphatic heterocycles. The summed E-state index contributed by atoms with van der Waals surface area (Å²) in [5, 5.41) is 0. The molecule has 7 rings (SSSR count). The number of ether oxygens (including phenoxy) is 3. The number of carbonyl (C=O) groups is 3. The van der Waals surface area contributed by atoms with Gasteiger partial charge in [0, 0.05) is 57.4 Å². The van der Waals surface area contributed by atoms with Crippen molar-refractivity contribution in [3.8, 4) is 5.75 Å². The molecule has 5 bridgehead atoms. The van der Waals surface area contributed by atoms with Crippen molar-refractivity contribution in [2.75, 3.05) is 11.9 Å². The Morgan fingerprint density at radius 1 is 1.06 bits per heavy atom. The number of nitrogens with zero attached hydrogens (tertiary/aromatic N) is 2. The molecule has 182 valence electrons. The SMILES string of the molecule is CCC1C2CC3C4N(C)c5ccc(OC(C)=O)cc5[C@]45CC([C@H]2[C@H]5OC(C)=O)N3[C@@H]1OC(C)=O. The Balaban J connectivity index is 1.53. The molecule has 8 heteroatoms. The van der Waals surface area contributed by atoms with Crippen LogP contribution in [0.2, 0.25) is 0 Å². The van der Waals surface area contributed by atoms with Gasteiger partial charge in [-0.2, -0.15) is 0 Å². The Morgan fingerprint density at radius 2 is 1.79 bits per heavy atom. The van der Waals surface area contributed by atoms with Gasteiger partial charge < -0.3 is 19.1 Å². The summed E-state index contributed by atoms with van der Waals surface area (Å²) in [5.74, 6) is 0.356. The van der Waals surface area contributed by atoms with Gasteiger partial charge in [0.15, 0.2) is 6.23 Å². The molecule has 6 unspecified atom stereocenters. The second kappa shape index (κ2) is 7.20. The first kappa shape index (κ1) is 21.9. The fourth-order valence-corrected chi connectivity index (χ4v) is 8.74. The van der Waals surface area contributed by atoms with E-state index in [1.807, 2.05) is 18.2 Å². The van der Waals surface area contributed by atoms with E-state index < -0.39 is 0 Å². The van der Waals surface area contributed by atoms with Crippen LogP contribution in [-0.4, -0.2) is 60.3 Å². The summed E-state index contributed by atoms with van der Waals surface area (Å²) in [6, 6.07) is 6.25. The van der Waals surface area contributed by atoms with Gasteiger partial charge in [-0.3, -0.25) is 19.3 Å². The van der Waals surface area contributed by atoms with Crippen LogP contribution in [0.25, 0.3) is 0 Å². The molecule has 0 radical (unpaired) electrons. The Labute approximate surface area is 199 Å².